The second-order valence-corrected chi connectivity index (χ2v) is 5.89. The average Bonchev–Trinajstić information content (AvgIpc) is 3.04. The molecule has 0 saturated carbocycles. The van der Waals surface area contributed by atoms with Gasteiger partial charge in [-0.15, -0.1) is 11.3 Å². The lowest BCUT2D eigenvalue weighted by atomic mass is 10.2. The Morgan fingerprint density at radius 2 is 2.30 bits per heavy atom. The summed E-state index contributed by atoms with van der Waals surface area (Å²) in [7, 11) is 0. The van der Waals surface area contributed by atoms with Crippen LogP contribution in [-0.2, 0) is 16.0 Å². The van der Waals surface area contributed by atoms with E-state index in [2.05, 4.69) is 15.6 Å². The molecule has 6 heteroatoms. The highest BCUT2D eigenvalue weighted by Gasteiger charge is 2.26. The number of nitrogens with one attached hydrogen (secondary N) is 2. The quantitative estimate of drug-likeness (QED) is 0.889. The molecule has 2 amide bonds. The highest BCUT2D eigenvalue weighted by atomic mass is 32.1. The lowest BCUT2D eigenvalue weighted by Crippen LogP contribution is -2.42. The Balaban J connectivity index is 1.52. The van der Waals surface area contributed by atoms with Crippen LogP contribution in [0.4, 0.5) is 0 Å². The maximum absolute atomic E-state index is 11.8. The van der Waals surface area contributed by atoms with Crippen LogP contribution >= 0.6 is 11.3 Å². The molecule has 1 aromatic heterocycles. The van der Waals surface area contributed by atoms with E-state index in [1.54, 1.807) is 11.3 Å². The van der Waals surface area contributed by atoms with Crippen LogP contribution in [0.1, 0.15) is 17.8 Å². The first kappa shape index (κ1) is 13.1. The number of benzene rings is 1. The van der Waals surface area contributed by atoms with Gasteiger partial charge in [-0.05, 0) is 18.6 Å². The minimum Gasteiger partial charge on any atom is -0.354 e. The third kappa shape index (κ3) is 2.80. The van der Waals surface area contributed by atoms with Crippen molar-refractivity contribution >= 4 is 33.4 Å². The number of carbonyl (C=O) groups is 2. The zero-order chi connectivity index (χ0) is 13.9. The molecule has 1 aliphatic rings. The number of hydrogen-bond acceptors (Lipinski definition) is 4. The number of nitrogens with zero attached hydrogens (tertiary/aromatic N) is 1. The molecule has 2 N–H and O–H groups in total. The van der Waals surface area contributed by atoms with E-state index in [0.717, 1.165) is 15.2 Å². The van der Waals surface area contributed by atoms with Crippen LogP contribution in [0.2, 0.25) is 0 Å². The zero-order valence-corrected chi connectivity index (χ0v) is 11.7. The molecule has 1 unspecified atom stereocenters. The normalized spacial score (nSPS) is 18.2. The SMILES string of the molecule is O=C1CCC(C(=O)NCCc2nc3ccccc3s2)N1. The summed E-state index contributed by atoms with van der Waals surface area (Å²) in [5, 5.41) is 6.53. The Morgan fingerprint density at radius 3 is 3.05 bits per heavy atom. The fourth-order valence-electron chi connectivity index (χ4n) is 2.25. The number of aromatic nitrogens is 1. The lowest BCUT2D eigenvalue weighted by Gasteiger charge is -2.09. The topological polar surface area (TPSA) is 71.1 Å². The standard InChI is InChI=1S/C14H15N3O2S/c18-12-6-5-10(16-12)14(19)15-8-7-13-17-9-3-1-2-4-11(9)20-13/h1-4,10H,5-8H2,(H,15,19)(H,16,18). The van der Waals surface area contributed by atoms with Crippen molar-refractivity contribution in [1.29, 1.82) is 0 Å². The molecule has 2 aromatic rings. The molecule has 0 bridgehead atoms. The van der Waals surface area contributed by atoms with Gasteiger partial charge in [0.15, 0.2) is 0 Å². The van der Waals surface area contributed by atoms with Gasteiger partial charge in [-0.1, -0.05) is 12.1 Å². The van der Waals surface area contributed by atoms with Crippen LogP contribution in [0.25, 0.3) is 10.2 Å². The van der Waals surface area contributed by atoms with E-state index in [-0.39, 0.29) is 17.9 Å². The molecule has 20 heavy (non-hydrogen) atoms. The summed E-state index contributed by atoms with van der Waals surface area (Å²) >= 11 is 1.65. The van der Waals surface area contributed by atoms with Crippen LogP contribution in [0.15, 0.2) is 24.3 Å². The molecular formula is C14H15N3O2S. The number of para-hydroxylation sites is 1. The Bertz CT molecular complexity index is 620. The summed E-state index contributed by atoms with van der Waals surface area (Å²) in [6, 6.07) is 7.63. The van der Waals surface area contributed by atoms with Gasteiger partial charge in [0.1, 0.15) is 6.04 Å². The largest absolute Gasteiger partial charge is 0.354 e. The zero-order valence-electron chi connectivity index (χ0n) is 10.9. The number of carbonyl (C=O) groups excluding carboxylic acids is 2. The molecule has 0 radical (unpaired) electrons. The third-order valence-electron chi connectivity index (χ3n) is 3.29. The van der Waals surface area contributed by atoms with Crippen LogP contribution < -0.4 is 10.6 Å². The van der Waals surface area contributed by atoms with Gasteiger partial charge in [-0.3, -0.25) is 9.59 Å². The van der Waals surface area contributed by atoms with E-state index in [1.165, 1.54) is 0 Å². The molecule has 1 saturated heterocycles. The molecule has 2 heterocycles. The monoisotopic (exact) mass is 289 g/mol. The van der Waals surface area contributed by atoms with Gasteiger partial charge in [-0.25, -0.2) is 4.98 Å². The number of fused-ring (bicyclic) bond motifs is 1. The van der Waals surface area contributed by atoms with Crippen molar-refractivity contribution in [3.63, 3.8) is 0 Å². The number of thiazole rings is 1. The lowest BCUT2D eigenvalue weighted by molar-refractivity contribution is -0.125. The second kappa shape index (κ2) is 5.58. The predicted octanol–water partition coefficient (Wildman–Crippen LogP) is 1.23. The Hall–Kier alpha value is -1.95. The Labute approximate surface area is 120 Å². The summed E-state index contributed by atoms with van der Waals surface area (Å²) in [4.78, 5) is 27.4. The van der Waals surface area contributed by atoms with Gasteiger partial charge in [0.2, 0.25) is 11.8 Å². The summed E-state index contributed by atoms with van der Waals surface area (Å²) < 4.78 is 1.16. The first-order valence-corrected chi connectivity index (χ1v) is 7.45. The van der Waals surface area contributed by atoms with Gasteiger partial charge < -0.3 is 10.6 Å². The molecule has 0 aliphatic carbocycles. The summed E-state index contributed by atoms with van der Waals surface area (Å²) in [6.07, 6.45) is 1.74. The van der Waals surface area contributed by atoms with Crippen LogP contribution in [0.3, 0.4) is 0 Å². The van der Waals surface area contributed by atoms with Crippen molar-refractivity contribution in [2.45, 2.75) is 25.3 Å². The van der Waals surface area contributed by atoms with E-state index >= 15 is 0 Å². The van der Waals surface area contributed by atoms with Crippen molar-refractivity contribution in [1.82, 2.24) is 15.6 Å². The second-order valence-electron chi connectivity index (χ2n) is 4.78. The molecule has 1 fully saturated rings. The Morgan fingerprint density at radius 1 is 1.45 bits per heavy atom. The fraction of sp³-hybridized carbons (Fsp3) is 0.357. The van der Waals surface area contributed by atoms with Crippen molar-refractivity contribution < 1.29 is 9.59 Å². The minimum absolute atomic E-state index is 0.0451. The van der Waals surface area contributed by atoms with Crippen molar-refractivity contribution in [2.75, 3.05) is 6.54 Å². The molecule has 5 nitrogen and oxygen atoms in total. The summed E-state index contributed by atoms with van der Waals surface area (Å²) in [6.45, 7) is 0.547. The van der Waals surface area contributed by atoms with Gasteiger partial charge >= 0.3 is 0 Å². The van der Waals surface area contributed by atoms with Crippen LogP contribution in [0.5, 0.6) is 0 Å². The third-order valence-corrected chi connectivity index (χ3v) is 4.38. The fourth-order valence-corrected chi connectivity index (χ4v) is 3.22. The van der Waals surface area contributed by atoms with Crippen molar-refractivity contribution in [3.05, 3.63) is 29.3 Å². The molecule has 1 atom stereocenters. The molecule has 1 aliphatic heterocycles. The number of hydrogen-bond donors (Lipinski definition) is 2. The number of rotatable bonds is 4. The van der Waals surface area contributed by atoms with Gasteiger partial charge in [0, 0.05) is 19.4 Å². The molecular weight excluding hydrogens is 274 g/mol. The highest BCUT2D eigenvalue weighted by Crippen LogP contribution is 2.21. The van der Waals surface area contributed by atoms with E-state index in [4.69, 9.17) is 0 Å². The van der Waals surface area contributed by atoms with Crippen LogP contribution in [-0.4, -0.2) is 29.4 Å². The first-order valence-electron chi connectivity index (χ1n) is 6.64. The van der Waals surface area contributed by atoms with E-state index in [1.807, 2.05) is 24.3 Å². The summed E-state index contributed by atoms with van der Waals surface area (Å²) in [5.74, 6) is -0.145. The van der Waals surface area contributed by atoms with Crippen molar-refractivity contribution in [2.24, 2.45) is 0 Å². The van der Waals surface area contributed by atoms with Crippen LogP contribution in [0, 0.1) is 0 Å². The molecule has 104 valence electrons. The van der Waals surface area contributed by atoms with E-state index < -0.39 is 0 Å². The molecule has 0 spiro atoms. The molecule has 1 aromatic carbocycles. The Kier molecular flexibility index (Phi) is 3.64. The first-order chi connectivity index (χ1) is 9.72. The van der Waals surface area contributed by atoms with Gasteiger partial charge in [-0.2, -0.15) is 0 Å². The highest BCUT2D eigenvalue weighted by molar-refractivity contribution is 7.18. The van der Waals surface area contributed by atoms with E-state index in [9.17, 15) is 9.59 Å². The maximum atomic E-state index is 11.8. The van der Waals surface area contributed by atoms with Crippen molar-refractivity contribution in [3.8, 4) is 0 Å². The maximum Gasteiger partial charge on any atom is 0.242 e. The minimum atomic E-state index is -0.363. The summed E-state index contributed by atoms with van der Waals surface area (Å²) in [5.41, 5.74) is 1.00. The average molecular weight is 289 g/mol. The number of amides is 2. The van der Waals surface area contributed by atoms with E-state index in [0.29, 0.717) is 25.8 Å². The predicted molar refractivity (Wildman–Crippen MR) is 77.5 cm³/mol. The molecule has 3 rings (SSSR count). The van der Waals surface area contributed by atoms with Gasteiger partial charge in [0.05, 0.1) is 15.2 Å². The van der Waals surface area contributed by atoms with Gasteiger partial charge in [0.25, 0.3) is 0 Å². The smallest absolute Gasteiger partial charge is 0.242 e.